The van der Waals surface area contributed by atoms with E-state index in [1.807, 2.05) is 25.2 Å². The minimum absolute atomic E-state index is 0.0688. The van der Waals surface area contributed by atoms with Gasteiger partial charge in [-0.2, -0.15) is 0 Å². The van der Waals surface area contributed by atoms with Gasteiger partial charge >= 0.3 is 0 Å². The van der Waals surface area contributed by atoms with Crippen molar-refractivity contribution in [3.63, 3.8) is 0 Å². The number of nitrogens with zero attached hydrogens (tertiary/aromatic N) is 2. The summed E-state index contributed by atoms with van der Waals surface area (Å²) in [6, 6.07) is 0. The Kier molecular flexibility index (Phi) is 3.47. The van der Waals surface area contributed by atoms with Gasteiger partial charge in [-0.05, 0) is 0 Å². The van der Waals surface area contributed by atoms with Crippen molar-refractivity contribution in [1.29, 1.82) is 0 Å². The molecule has 0 unspecified atom stereocenters. The van der Waals surface area contributed by atoms with E-state index in [1.165, 1.54) is 4.88 Å². The lowest BCUT2D eigenvalue weighted by Gasteiger charge is -2.20. The van der Waals surface area contributed by atoms with Crippen LogP contribution in [0.3, 0.4) is 0 Å². The van der Waals surface area contributed by atoms with Crippen LogP contribution >= 0.6 is 11.3 Å². The highest BCUT2D eigenvalue weighted by atomic mass is 32.1. The van der Waals surface area contributed by atoms with Gasteiger partial charge in [0.15, 0.2) is 5.13 Å². The molecule has 0 amide bonds. The van der Waals surface area contributed by atoms with Gasteiger partial charge in [0.05, 0.1) is 6.61 Å². The van der Waals surface area contributed by atoms with Crippen molar-refractivity contribution in [2.45, 2.75) is 19.3 Å². The summed E-state index contributed by atoms with van der Waals surface area (Å²) in [6.07, 6.45) is 1.89. The van der Waals surface area contributed by atoms with E-state index in [1.54, 1.807) is 11.3 Å². The number of hydrogen-bond acceptors (Lipinski definition) is 5. The molecule has 0 aromatic carbocycles. The van der Waals surface area contributed by atoms with Crippen molar-refractivity contribution in [2.24, 2.45) is 5.90 Å². The maximum absolute atomic E-state index is 5.09. The zero-order chi connectivity index (χ0) is 10.8. The molecule has 0 atom stereocenters. The predicted molar refractivity (Wildman–Crippen MR) is 59.6 cm³/mol. The number of hydrogen-bond donors (Lipinski definition) is 1. The van der Waals surface area contributed by atoms with E-state index in [-0.39, 0.29) is 5.41 Å². The Morgan fingerprint density at radius 2 is 2.21 bits per heavy atom. The van der Waals surface area contributed by atoms with Crippen molar-refractivity contribution >= 4 is 16.5 Å². The third kappa shape index (κ3) is 2.43. The molecule has 1 heterocycles. The summed E-state index contributed by atoms with van der Waals surface area (Å²) in [6.45, 7) is 4.68. The van der Waals surface area contributed by atoms with Crippen molar-refractivity contribution in [1.82, 2.24) is 4.98 Å². The molecule has 14 heavy (non-hydrogen) atoms. The first-order valence-corrected chi connectivity index (χ1v) is 5.24. The average Bonchev–Trinajstić information content (AvgIpc) is 2.51. The smallest absolute Gasteiger partial charge is 0.184 e. The summed E-state index contributed by atoms with van der Waals surface area (Å²) >= 11 is 1.67. The van der Waals surface area contributed by atoms with E-state index in [4.69, 9.17) is 10.7 Å². The molecule has 4 nitrogen and oxygen atoms in total. The minimum atomic E-state index is -0.0688. The molecule has 0 saturated carbocycles. The molecule has 1 aromatic heterocycles. The van der Waals surface area contributed by atoms with E-state index < -0.39 is 0 Å². The van der Waals surface area contributed by atoms with E-state index >= 15 is 0 Å². The topological polar surface area (TPSA) is 51.4 Å². The first-order valence-electron chi connectivity index (χ1n) is 4.42. The van der Waals surface area contributed by atoms with Gasteiger partial charge in [0.1, 0.15) is 0 Å². The van der Waals surface area contributed by atoms with Crippen LogP contribution in [0.2, 0.25) is 0 Å². The molecule has 0 radical (unpaired) electrons. The Labute approximate surface area is 88.6 Å². The van der Waals surface area contributed by atoms with Crippen molar-refractivity contribution in [3.05, 3.63) is 11.1 Å². The second kappa shape index (κ2) is 4.25. The highest BCUT2D eigenvalue weighted by molar-refractivity contribution is 7.15. The molecule has 1 rings (SSSR count). The van der Waals surface area contributed by atoms with Crippen LogP contribution < -0.4 is 10.8 Å². The van der Waals surface area contributed by atoms with Crippen LogP contribution in [0.5, 0.6) is 0 Å². The summed E-state index contributed by atoms with van der Waals surface area (Å²) < 4.78 is 0. The van der Waals surface area contributed by atoms with E-state index in [2.05, 4.69) is 18.8 Å². The van der Waals surface area contributed by atoms with E-state index in [0.29, 0.717) is 6.61 Å². The van der Waals surface area contributed by atoms with Gasteiger partial charge < -0.3 is 9.74 Å². The molecule has 0 spiro atoms. The second-order valence-corrected chi connectivity index (χ2v) is 5.11. The zero-order valence-corrected chi connectivity index (χ0v) is 9.89. The Bertz CT molecular complexity index is 296. The van der Waals surface area contributed by atoms with Crippen LogP contribution in [0.4, 0.5) is 5.13 Å². The monoisotopic (exact) mass is 215 g/mol. The van der Waals surface area contributed by atoms with Crippen molar-refractivity contribution in [2.75, 3.05) is 25.6 Å². The Hall–Kier alpha value is -0.650. The lowest BCUT2D eigenvalue weighted by atomic mass is 9.94. The van der Waals surface area contributed by atoms with Crippen LogP contribution in [-0.2, 0) is 10.3 Å². The Balaban J connectivity index is 2.85. The number of aromatic nitrogens is 1. The molecule has 5 heteroatoms. The molecule has 2 N–H and O–H groups in total. The third-order valence-electron chi connectivity index (χ3n) is 1.99. The molecule has 0 saturated heterocycles. The van der Waals surface area contributed by atoms with Crippen LogP contribution in [0, 0.1) is 0 Å². The fraction of sp³-hybridized carbons (Fsp3) is 0.667. The summed E-state index contributed by atoms with van der Waals surface area (Å²) in [7, 11) is 3.96. The van der Waals surface area contributed by atoms with Gasteiger partial charge in [-0.25, -0.2) is 10.9 Å². The number of nitrogens with two attached hydrogens (primary N) is 1. The Morgan fingerprint density at radius 1 is 1.57 bits per heavy atom. The average molecular weight is 215 g/mol. The maximum atomic E-state index is 5.09. The molecule has 0 fully saturated rings. The van der Waals surface area contributed by atoms with Gasteiger partial charge in [-0.3, -0.25) is 0 Å². The molecule has 0 aliphatic rings. The molecule has 80 valence electrons. The predicted octanol–water partition coefficient (Wildman–Crippen LogP) is 1.38. The first kappa shape index (κ1) is 11.4. The van der Waals surface area contributed by atoms with E-state index in [9.17, 15) is 0 Å². The van der Waals surface area contributed by atoms with Gasteiger partial charge in [0.2, 0.25) is 0 Å². The second-order valence-electron chi connectivity index (χ2n) is 4.10. The third-order valence-corrected chi connectivity index (χ3v) is 3.52. The number of thiazole rings is 1. The standard InChI is InChI=1S/C9H17N3OS/c1-9(2,6-13-10)7-5-11-8(14-7)12(3)4/h5H,6,10H2,1-4H3. The molecular weight excluding hydrogens is 198 g/mol. The van der Waals surface area contributed by atoms with E-state index in [0.717, 1.165) is 5.13 Å². The quantitative estimate of drug-likeness (QED) is 0.771. The van der Waals surface area contributed by atoms with Crippen molar-refractivity contribution in [3.8, 4) is 0 Å². The first-order chi connectivity index (χ1) is 6.47. The van der Waals surface area contributed by atoms with Gasteiger partial charge in [-0.15, -0.1) is 11.3 Å². The molecule has 1 aromatic rings. The molecule has 0 bridgehead atoms. The fourth-order valence-electron chi connectivity index (χ4n) is 1.06. The van der Waals surface area contributed by atoms with Crippen LogP contribution in [0.1, 0.15) is 18.7 Å². The SMILES string of the molecule is CN(C)c1ncc(C(C)(C)CON)s1. The number of anilines is 1. The lowest BCUT2D eigenvalue weighted by molar-refractivity contribution is 0.0976. The van der Waals surface area contributed by atoms with Gasteiger partial charge in [-0.1, -0.05) is 13.8 Å². The summed E-state index contributed by atoms with van der Waals surface area (Å²) in [5.74, 6) is 5.09. The fourth-order valence-corrected chi connectivity index (χ4v) is 1.99. The minimum Gasteiger partial charge on any atom is -0.354 e. The normalized spacial score (nSPS) is 11.8. The maximum Gasteiger partial charge on any atom is 0.184 e. The van der Waals surface area contributed by atoms with Crippen molar-refractivity contribution < 1.29 is 4.84 Å². The highest BCUT2D eigenvalue weighted by Crippen LogP contribution is 2.31. The van der Waals surface area contributed by atoms with Crippen LogP contribution in [0.25, 0.3) is 0 Å². The highest BCUT2D eigenvalue weighted by Gasteiger charge is 2.23. The molecule has 0 aliphatic heterocycles. The summed E-state index contributed by atoms with van der Waals surface area (Å²) in [5, 5.41) is 1.00. The van der Waals surface area contributed by atoms with Gasteiger partial charge in [0, 0.05) is 30.6 Å². The Morgan fingerprint density at radius 3 is 2.64 bits per heavy atom. The van der Waals surface area contributed by atoms with Crippen LogP contribution in [0.15, 0.2) is 6.20 Å². The summed E-state index contributed by atoms with van der Waals surface area (Å²) in [4.78, 5) is 12.2. The number of rotatable bonds is 4. The van der Waals surface area contributed by atoms with Gasteiger partial charge in [0.25, 0.3) is 0 Å². The summed E-state index contributed by atoms with van der Waals surface area (Å²) in [5.41, 5.74) is -0.0688. The molecule has 0 aliphatic carbocycles. The molecular formula is C9H17N3OS. The lowest BCUT2D eigenvalue weighted by Crippen LogP contribution is -2.25. The zero-order valence-electron chi connectivity index (χ0n) is 9.07. The largest absolute Gasteiger partial charge is 0.354 e. The van der Waals surface area contributed by atoms with Crippen LogP contribution in [-0.4, -0.2) is 25.7 Å².